The molecule has 1 unspecified atom stereocenters. The fraction of sp³-hybridized carbons (Fsp3) is 0.174. The molecule has 1 aliphatic heterocycles. The van der Waals surface area contributed by atoms with Crippen LogP contribution in [0.4, 0.5) is 5.13 Å². The van der Waals surface area contributed by atoms with Gasteiger partial charge in [0.25, 0.3) is 11.8 Å². The maximum absolute atomic E-state index is 13.0. The van der Waals surface area contributed by atoms with Crippen LogP contribution >= 0.6 is 11.3 Å². The van der Waals surface area contributed by atoms with E-state index < -0.39 is 0 Å². The van der Waals surface area contributed by atoms with Crippen molar-refractivity contribution in [3.63, 3.8) is 0 Å². The van der Waals surface area contributed by atoms with E-state index >= 15 is 0 Å². The molecule has 1 saturated heterocycles. The van der Waals surface area contributed by atoms with E-state index in [0.29, 0.717) is 29.5 Å². The van der Waals surface area contributed by atoms with Crippen LogP contribution in [0.3, 0.4) is 0 Å². The zero-order valence-electron chi connectivity index (χ0n) is 16.6. The quantitative estimate of drug-likeness (QED) is 0.530. The Labute approximate surface area is 182 Å². The van der Waals surface area contributed by atoms with Crippen LogP contribution < -0.4 is 5.32 Å². The molecule has 5 rings (SSSR count). The second kappa shape index (κ2) is 8.23. The number of para-hydroxylation sites is 1. The minimum absolute atomic E-state index is 0.0590. The maximum Gasteiger partial charge on any atom is 0.272 e. The lowest BCUT2D eigenvalue weighted by Crippen LogP contribution is -2.29. The van der Waals surface area contributed by atoms with Gasteiger partial charge in [0.15, 0.2) is 5.13 Å². The summed E-state index contributed by atoms with van der Waals surface area (Å²) in [6, 6.07) is 14.8. The number of carbonyl (C=O) groups is 2. The van der Waals surface area contributed by atoms with Crippen molar-refractivity contribution < 1.29 is 9.59 Å². The maximum atomic E-state index is 13.0. The Balaban J connectivity index is 1.44. The van der Waals surface area contributed by atoms with Gasteiger partial charge in [-0.2, -0.15) is 0 Å². The molecule has 0 aliphatic carbocycles. The second-order valence-electron chi connectivity index (χ2n) is 7.35. The smallest absolute Gasteiger partial charge is 0.272 e. The molecule has 1 N–H and O–H groups in total. The Morgan fingerprint density at radius 1 is 1.06 bits per heavy atom. The number of aromatic nitrogens is 3. The van der Waals surface area contributed by atoms with Crippen molar-refractivity contribution in [3.8, 4) is 0 Å². The fourth-order valence-electron chi connectivity index (χ4n) is 3.88. The van der Waals surface area contributed by atoms with Crippen molar-refractivity contribution in [2.45, 2.75) is 12.3 Å². The zero-order valence-corrected chi connectivity index (χ0v) is 17.4. The number of pyridine rings is 2. The lowest BCUT2D eigenvalue weighted by Gasteiger charge is -2.17. The number of carbonyl (C=O) groups excluding carboxylic acids is 2. The van der Waals surface area contributed by atoms with E-state index in [4.69, 9.17) is 4.98 Å². The van der Waals surface area contributed by atoms with E-state index in [2.05, 4.69) is 15.3 Å². The molecule has 8 heteroatoms. The van der Waals surface area contributed by atoms with Crippen LogP contribution in [0, 0.1) is 0 Å². The van der Waals surface area contributed by atoms with Gasteiger partial charge in [0.1, 0.15) is 5.69 Å². The molecule has 0 saturated carbocycles. The SMILES string of the molecule is O=C(Nc1nccs1)c1cc(C2CCN(C(=O)c3ccccn3)C2)nc2ccccc12. The molecule has 1 atom stereocenters. The molecule has 1 aliphatic rings. The van der Waals surface area contributed by atoms with Crippen molar-refractivity contribution in [3.05, 3.63) is 83.3 Å². The normalized spacial score (nSPS) is 15.9. The van der Waals surface area contributed by atoms with Gasteiger partial charge in [-0.1, -0.05) is 24.3 Å². The van der Waals surface area contributed by atoms with Gasteiger partial charge in [-0.3, -0.25) is 24.9 Å². The predicted octanol–water partition coefficient (Wildman–Crippen LogP) is 3.97. The minimum Gasteiger partial charge on any atom is -0.337 e. The molecule has 4 heterocycles. The van der Waals surface area contributed by atoms with Gasteiger partial charge >= 0.3 is 0 Å². The molecule has 3 aromatic heterocycles. The first kappa shape index (κ1) is 19.3. The fourth-order valence-corrected chi connectivity index (χ4v) is 4.40. The third kappa shape index (κ3) is 3.89. The first-order valence-electron chi connectivity index (χ1n) is 10.00. The Morgan fingerprint density at radius 2 is 1.94 bits per heavy atom. The number of fused-ring (bicyclic) bond motifs is 1. The molecular formula is C23H19N5O2S. The van der Waals surface area contributed by atoms with Gasteiger partial charge in [0.2, 0.25) is 0 Å². The number of benzene rings is 1. The number of nitrogens with one attached hydrogen (secondary N) is 1. The Bertz CT molecular complexity index is 1240. The van der Waals surface area contributed by atoms with Gasteiger partial charge < -0.3 is 4.90 Å². The van der Waals surface area contributed by atoms with Crippen molar-refractivity contribution in [1.82, 2.24) is 19.9 Å². The van der Waals surface area contributed by atoms with Gasteiger partial charge in [-0.25, -0.2) is 4.98 Å². The molecular weight excluding hydrogens is 410 g/mol. The highest BCUT2D eigenvalue weighted by atomic mass is 32.1. The van der Waals surface area contributed by atoms with Crippen LogP contribution in [0.2, 0.25) is 0 Å². The van der Waals surface area contributed by atoms with E-state index in [9.17, 15) is 9.59 Å². The number of amides is 2. The van der Waals surface area contributed by atoms with Crippen molar-refractivity contribution in [2.75, 3.05) is 18.4 Å². The number of likely N-dealkylation sites (tertiary alicyclic amines) is 1. The number of anilines is 1. The topological polar surface area (TPSA) is 88.1 Å². The summed E-state index contributed by atoms with van der Waals surface area (Å²) < 4.78 is 0. The summed E-state index contributed by atoms with van der Waals surface area (Å²) in [4.78, 5) is 40.7. The Morgan fingerprint density at radius 3 is 2.74 bits per heavy atom. The minimum atomic E-state index is -0.214. The van der Waals surface area contributed by atoms with Gasteiger partial charge in [-0.05, 0) is 30.7 Å². The molecule has 4 aromatic rings. The van der Waals surface area contributed by atoms with Crippen molar-refractivity contribution >= 4 is 39.2 Å². The average Bonchev–Trinajstić information content (AvgIpc) is 3.51. The molecule has 1 fully saturated rings. The van der Waals surface area contributed by atoms with Crippen LogP contribution in [0.25, 0.3) is 10.9 Å². The molecule has 7 nitrogen and oxygen atoms in total. The third-order valence-corrected chi connectivity index (χ3v) is 6.10. The molecule has 2 amide bonds. The number of nitrogens with zero attached hydrogens (tertiary/aromatic N) is 4. The van der Waals surface area contributed by atoms with Gasteiger partial charge in [0, 0.05) is 47.9 Å². The summed E-state index contributed by atoms with van der Waals surface area (Å²) in [7, 11) is 0. The van der Waals surface area contributed by atoms with E-state index in [0.717, 1.165) is 23.0 Å². The Kier molecular flexibility index (Phi) is 5.13. The number of rotatable bonds is 4. The third-order valence-electron chi connectivity index (χ3n) is 5.41. The first-order valence-corrected chi connectivity index (χ1v) is 10.9. The Hall–Kier alpha value is -3.65. The molecule has 0 radical (unpaired) electrons. The van der Waals surface area contributed by atoms with Crippen LogP contribution in [0.1, 0.15) is 38.9 Å². The monoisotopic (exact) mass is 429 g/mol. The molecule has 0 bridgehead atoms. The van der Waals surface area contributed by atoms with Crippen molar-refractivity contribution in [1.29, 1.82) is 0 Å². The summed E-state index contributed by atoms with van der Waals surface area (Å²) in [5.74, 6) is -0.233. The van der Waals surface area contributed by atoms with E-state index in [1.165, 1.54) is 11.3 Å². The van der Waals surface area contributed by atoms with Gasteiger partial charge in [0.05, 0.1) is 11.1 Å². The summed E-state index contributed by atoms with van der Waals surface area (Å²) in [6.45, 7) is 1.18. The summed E-state index contributed by atoms with van der Waals surface area (Å²) >= 11 is 1.37. The standard InChI is InChI=1S/C23H19N5O2S/c29-21(27-23-25-10-12-31-23)17-13-20(26-18-6-2-1-5-16(17)18)15-8-11-28(14-15)22(30)19-7-3-4-9-24-19/h1-7,9-10,12-13,15H,8,11,14H2,(H,25,27,29). The molecule has 0 spiro atoms. The van der Waals surface area contributed by atoms with Crippen molar-refractivity contribution in [2.24, 2.45) is 0 Å². The highest BCUT2D eigenvalue weighted by Gasteiger charge is 2.30. The van der Waals surface area contributed by atoms with Crippen LogP contribution in [0.5, 0.6) is 0 Å². The summed E-state index contributed by atoms with van der Waals surface area (Å²) in [5.41, 5.74) is 2.58. The lowest BCUT2D eigenvalue weighted by molar-refractivity contribution is 0.0784. The molecule has 1 aromatic carbocycles. The number of thiazole rings is 1. The molecule has 31 heavy (non-hydrogen) atoms. The zero-order chi connectivity index (χ0) is 21.2. The summed E-state index contributed by atoms with van der Waals surface area (Å²) in [6.07, 6.45) is 4.07. The highest BCUT2D eigenvalue weighted by molar-refractivity contribution is 7.13. The second-order valence-corrected chi connectivity index (χ2v) is 8.25. The lowest BCUT2D eigenvalue weighted by atomic mass is 9.99. The van der Waals surface area contributed by atoms with Gasteiger partial charge in [-0.15, -0.1) is 11.3 Å². The average molecular weight is 430 g/mol. The van der Waals surface area contributed by atoms with E-state index in [-0.39, 0.29) is 17.7 Å². The predicted molar refractivity (Wildman–Crippen MR) is 119 cm³/mol. The number of hydrogen-bond acceptors (Lipinski definition) is 6. The van der Waals surface area contributed by atoms with Crippen LogP contribution in [0.15, 0.2) is 66.3 Å². The first-order chi connectivity index (χ1) is 15.2. The van der Waals surface area contributed by atoms with Crippen LogP contribution in [-0.2, 0) is 0 Å². The summed E-state index contributed by atoms with van der Waals surface area (Å²) in [5, 5.41) is 6.03. The van der Waals surface area contributed by atoms with Crippen LogP contribution in [-0.4, -0.2) is 44.8 Å². The van der Waals surface area contributed by atoms with E-state index in [1.54, 1.807) is 29.4 Å². The largest absolute Gasteiger partial charge is 0.337 e. The highest BCUT2D eigenvalue weighted by Crippen LogP contribution is 2.30. The molecule has 154 valence electrons. The number of hydrogen-bond donors (Lipinski definition) is 1. The van der Waals surface area contributed by atoms with E-state index in [1.807, 2.05) is 41.8 Å².